The van der Waals surface area contributed by atoms with Gasteiger partial charge in [-0.3, -0.25) is 4.79 Å². The molecule has 6 nitrogen and oxygen atoms in total. The van der Waals surface area contributed by atoms with Crippen LogP contribution in [0.5, 0.6) is 0 Å². The average Bonchev–Trinajstić information content (AvgIpc) is 3.13. The van der Waals surface area contributed by atoms with Crippen molar-refractivity contribution in [2.24, 2.45) is 0 Å². The van der Waals surface area contributed by atoms with E-state index in [-0.39, 0.29) is 17.8 Å². The number of nitrogens with zero attached hydrogens (tertiary/aromatic N) is 3. The molecule has 4 rings (SSSR count). The van der Waals surface area contributed by atoms with Crippen LogP contribution in [0.25, 0.3) is 0 Å². The van der Waals surface area contributed by atoms with Crippen molar-refractivity contribution in [2.75, 3.05) is 10.7 Å². The number of carbonyl (C=O) groups excluding carboxylic acids is 1. The first kappa shape index (κ1) is 19.4. The molecule has 2 N–H and O–H groups in total. The van der Waals surface area contributed by atoms with Gasteiger partial charge in [0.25, 0.3) is 0 Å². The minimum atomic E-state index is -0.498. The van der Waals surface area contributed by atoms with Gasteiger partial charge >= 0.3 is 0 Å². The quantitative estimate of drug-likeness (QED) is 0.679. The van der Waals surface area contributed by atoms with Gasteiger partial charge in [0, 0.05) is 12.1 Å². The number of nitrogens with one attached hydrogen (secondary N) is 2. The SMILES string of the molecule is CCc1nnc2n1NC(c1ccc(F)cc1)C(C(=O)Nc1cccc(C)c1C)S2. The third-order valence-electron chi connectivity index (χ3n) is 5.17. The number of anilines is 1. The normalized spacial score (nSPS) is 18.1. The summed E-state index contributed by atoms with van der Waals surface area (Å²) in [5, 5.41) is 11.6. The van der Waals surface area contributed by atoms with Crippen molar-refractivity contribution >= 4 is 23.4 Å². The van der Waals surface area contributed by atoms with E-state index in [1.54, 1.807) is 12.1 Å². The second kappa shape index (κ2) is 7.87. The minimum absolute atomic E-state index is 0.141. The van der Waals surface area contributed by atoms with Crippen molar-refractivity contribution in [3.8, 4) is 0 Å². The number of thioether (sulfide) groups is 1. The van der Waals surface area contributed by atoms with Gasteiger partial charge in [0.05, 0.1) is 6.04 Å². The monoisotopic (exact) mass is 411 g/mol. The van der Waals surface area contributed by atoms with Crippen LogP contribution in [-0.4, -0.2) is 26.0 Å². The van der Waals surface area contributed by atoms with E-state index in [4.69, 9.17) is 0 Å². The van der Waals surface area contributed by atoms with E-state index in [0.29, 0.717) is 11.6 Å². The molecule has 2 atom stereocenters. The molecule has 1 aliphatic heterocycles. The lowest BCUT2D eigenvalue weighted by Crippen LogP contribution is -2.41. The summed E-state index contributed by atoms with van der Waals surface area (Å²) in [6, 6.07) is 11.7. The molecular weight excluding hydrogens is 389 g/mol. The molecule has 150 valence electrons. The van der Waals surface area contributed by atoms with Crippen molar-refractivity contribution in [1.29, 1.82) is 0 Å². The van der Waals surface area contributed by atoms with E-state index in [2.05, 4.69) is 20.9 Å². The lowest BCUT2D eigenvalue weighted by molar-refractivity contribution is -0.116. The van der Waals surface area contributed by atoms with Gasteiger partial charge in [-0.05, 0) is 48.7 Å². The Bertz CT molecular complexity index is 1050. The summed E-state index contributed by atoms with van der Waals surface area (Å²) in [5.74, 6) is 0.332. The highest BCUT2D eigenvalue weighted by Crippen LogP contribution is 2.38. The minimum Gasteiger partial charge on any atom is -0.325 e. The van der Waals surface area contributed by atoms with E-state index in [1.807, 2.05) is 43.6 Å². The number of hydrogen-bond acceptors (Lipinski definition) is 5. The maximum Gasteiger partial charge on any atom is 0.240 e. The third kappa shape index (κ3) is 3.72. The summed E-state index contributed by atoms with van der Waals surface area (Å²) in [6.45, 7) is 5.99. The van der Waals surface area contributed by atoms with E-state index in [1.165, 1.54) is 23.9 Å². The molecule has 2 heterocycles. The van der Waals surface area contributed by atoms with Crippen molar-refractivity contribution < 1.29 is 9.18 Å². The van der Waals surface area contributed by atoms with Crippen LogP contribution in [0.4, 0.5) is 10.1 Å². The molecule has 0 aliphatic carbocycles. The van der Waals surface area contributed by atoms with Crippen molar-refractivity contribution in [3.05, 3.63) is 70.8 Å². The topological polar surface area (TPSA) is 71.8 Å². The molecular formula is C21H22FN5OS. The zero-order chi connectivity index (χ0) is 20.5. The third-order valence-corrected chi connectivity index (χ3v) is 6.39. The lowest BCUT2D eigenvalue weighted by Gasteiger charge is -2.33. The van der Waals surface area contributed by atoms with Gasteiger partial charge in [0.15, 0.2) is 5.82 Å². The van der Waals surface area contributed by atoms with Crippen LogP contribution in [0.15, 0.2) is 47.6 Å². The standard InChI is InChI=1S/C21H22FN5OS/c1-4-17-24-25-21-27(17)26-18(14-8-10-15(22)11-9-14)19(29-21)20(28)23-16-7-5-6-12(2)13(16)3/h5-11,18-19,26H,4H2,1-3H3,(H,23,28). The molecule has 8 heteroatoms. The van der Waals surface area contributed by atoms with Gasteiger partial charge in [-0.15, -0.1) is 10.2 Å². The van der Waals surface area contributed by atoms with Crippen molar-refractivity contribution in [1.82, 2.24) is 14.9 Å². The maximum absolute atomic E-state index is 13.5. The molecule has 3 aromatic rings. The predicted molar refractivity (Wildman–Crippen MR) is 112 cm³/mol. The van der Waals surface area contributed by atoms with Crippen LogP contribution in [0.3, 0.4) is 0 Å². The number of halogens is 1. The largest absolute Gasteiger partial charge is 0.325 e. The number of aromatic nitrogens is 3. The number of benzene rings is 2. The van der Waals surface area contributed by atoms with Crippen LogP contribution in [0, 0.1) is 19.7 Å². The Labute approximate surface area is 172 Å². The van der Waals surface area contributed by atoms with Crippen LogP contribution >= 0.6 is 11.8 Å². The van der Waals surface area contributed by atoms with Crippen LogP contribution in [0.1, 0.15) is 35.5 Å². The van der Waals surface area contributed by atoms with Gasteiger partial charge in [-0.25, -0.2) is 9.07 Å². The highest BCUT2D eigenvalue weighted by atomic mass is 32.2. The number of aryl methyl sites for hydroxylation is 2. The Morgan fingerprint density at radius 2 is 1.97 bits per heavy atom. The first-order chi connectivity index (χ1) is 14.0. The molecule has 0 saturated heterocycles. The van der Waals surface area contributed by atoms with Crippen LogP contribution in [-0.2, 0) is 11.2 Å². The number of hydrogen-bond donors (Lipinski definition) is 2. The fourth-order valence-electron chi connectivity index (χ4n) is 3.34. The zero-order valence-electron chi connectivity index (χ0n) is 16.4. The second-order valence-electron chi connectivity index (χ2n) is 7.02. The molecule has 1 aromatic heterocycles. The Balaban J connectivity index is 1.69. The number of fused-ring (bicyclic) bond motifs is 1. The van der Waals surface area contributed by atoms with Crippen LogP contribution < -0.4 is 10.7 Å². The summed E-state index contributed by atoms with van der Waals surface area (Å²) in [7, 11) is 0. The van der Waals surface area contributed by atoms with E-state index >= 15 is 0 Å². The van der Waals surface area contributed by atoms with Crippen molar-refractivity contribution in [3.63, 3.8) is 0 Å². The molecule has 1 amide bonds. The van der Waals surface area contributed by atoms with Gasteiger partial charge < -0.3 is 10.7 Å². The molecule has 0 radical (unpaired) electrons. The Morgan fingerprint density at radius 3 is 2.69 bits per heavy atom. The number of carbonyl (C=O) groups is 1. The molecule has 0 fully saturated rings. The van der Waals surface area contributed by atoms with Gasteiger partial charge in [-0.1, -0.05) is 43.0 Å². The maximum atomic E-state index is 13.5. The second-order valence-corrected chi connectivity index (χ2v) is 8.13. The highest BCUT2D eigenvalue weighted by molar-refractivity contribution is 8.00. The Kier molecular flexibility index (Phi) is 5.27. The van der Waals surface area contributed by atoms with E-state index < -0.39 is 5.25 Å². The van der Waals surface area contributed by atoms with Gasteiger partial charge in [0.2, 0.25) is 11.1 Å². The summed E-state index contributed by atoms with van der Waals surface area (Å²) >= 11 is 1.36. The summed E-state index contributed by atoms with van der Waals surface area (Å²) in [6.07, 6.45) is 0.704. The van der Waals surface area contributed by atoms with Crippen LogP contribution in [0.2, 0.25) is 0 Å². The van der Waals surface area contributed by atoms with Gasteiger partial charge in [0.1, 0.15) is 11.1 Å². The fraction of sp³-hybridized carbons (Fsp3) is 0.286. The first-order valence-electron chi connectivity index (χ1n) is 9.48. The number of rotatable bonds is 4. The van der Waals surface area contributed by atoms with E-state index in [0.717, 1.165) is 28.2 Å². The molecule has 0 bridgehead atoms. The molecule has 2 aromatic carbocycles. The molecule has 0 spiro atoms. The zero-order valence-corrected chi connectivity index (χ0v) is 17.3. The predicted octanol–water partition coefficient (Wildman–Crippen LogP) is 3.99. The van der Waals surface area contributed by atoms with E-state index in [9.17, 15) is 9.18 Å². The smallest absolute Gasteiger partial charge is 0.240 e. The summed E-state index contributed by atoms with van der Waals surface area (Å²) in [4.78, 5) is 13.3. The molecule has 1 aliphatic rings. The molecule has 2 unspecified atom stereocenters. The molecule has 0 saturated carbocycles. The van der Waals surface area contributed by atoms with Gasteiger partial charge in [-0.2, -0.15) is 0 Å². The Morgan fingerprint density at radius 1 is 1.21 bits per heavy atom. The Hall–Kier alpha value is -2.87. The lowest BCUT2D eigenvalue weighted by atomic mass is 10.0. The fourth-order valence-corrected chi connectivity index (χ4v) is 4.44. The molecule has 29 heavy (non-hydrogen) atoms. The first-order valence-corrected chi connectivity index (χ1v) is 10.4. The van der Waals surface area contributed by atoms with Crippen molar-refractivity contribution in [2.45, 2.75) is 43.6 Å². The highest BCUT2D eigenvalue weighted by Gasteiger charge is 2.37. The summed E-state index contributed by atoms with van der Waals surface area (Å²) in [5.41, 5.74) is 7.11. The average molecular weight is 412 g/mol. The number of amides is 1. The summed E-state index contributed by atoms with van der Waals surface area (Å²) < 4.78 is 15.3.